The number of benzene rings is 2. The van der Waals surface area contributed by atoms with Gasteiger partial charge in [0, 0.05) is 12.5 Å². The lowest BCUT2D eigenvalue weighted by atomic mass is 9.96. The quantitative estimate of drug-likeness (QED) is 0.889. The lowest BCUT2D eigenvalue weighted by molar-refractivity contribution is 0.0946. The molecule has 2 aromatic carbocycles. The second kappa shape index (κ2) is 6.97. The minimum Gasteiger partial charge on any atom is -0.351 e. The summed E-state index contributed by atoms with van der Waals surface area (Å²) in [4.78, 5) is 12.0. The van der Waals surface area contributed by atoms with Gasteiger partial charge in [0.1, 0.15) is 11.6 Å². The maximum atomic E-state index is 13.5. The number of carbonyl (C=O) groups is 1. The third-order valence-corrected chi connectivity index (χ3v) is 3.45. The summed E-state index contributed by atoms with van der Waals surface area (Å²) in [6, 6.07) is 12.6. The summed E-state index contributed by atoms with van der Waals surface area (Å²) in [6.07, 6.45) is 0.843. The van der Waals surface area contributed by atoms with E-state index in [4.69, 9.17) is 0 Å². The minimum atomic E-state index is -0.721. The highest BCUT2D eigenvalue weighted by molar-refractivity contribution is 5.94. The van der Waals surface area contributed by atoms with Gasteiger partial charge < -0.3 is 5.32 Å². The van der Waals surface area contributed by atoms with Gasteiger partial charge in [-0.05, 0) is 30.2 Å². The Morgan fingerprint density at radius 1 is 1.14 bits per heavy atom. The van der Waals surface area contributed by atoms with Crippen LogP contribution in [0.3, 0.4) is 0 Å². The largest absolute Gasteiger partial charge is 0.351 e. The lowest BCUT2D eigenvalue weighted by Crippen LogP contribution is -2.29. The van der Waals surface area contributed by atoms with Gasteiger partial charge in [0.05, 0.1) is 5.56 Å². The van der Waals surface area contributed by atoms with Crippen LogP contribution in [-0.2, 0) is 0 Å². The van der Waals surface area contributed by atoms with Crippen molar-refractivity contribution in [2.45, 2.75) is 19.3 Å². The van der Waals surface area contributed by atoms with Crippen molar-refractivity contribution in [2.24, 2.45) is 0 Å². The van der Waals surface area contributed by atoms with Gasteiger partial charge in [0.15, 0.2) is 0 Å². The molecular weight excluding hydrogens is 272 g/mol. The molecule has 1 atom stereocenters. The molecule has 2 nitrogen and oxygen atoms in total. The molecule has 1 N–H and O–H groups in total. The Morgan fingerprint density at radius 2 is 1.86 bits per heavy atom. The van der Waals surface area contributed by atoms with Crippen molar-refractivity contribution >= 4 is 5.91 Å². The molecule has 2 aromatic rings. The van der Waals surface area contributed by atoms with Crippen molar-refractivity contribution in [3.63, 3.8) is 0 Å². The Kier molecular flexibility index (Phi) is 5.04. The molecule has 0 radical (unpaired) electrons. The van der Waals surface area contributed by atoms with E-state index in [0.717, 1.165) is 30.2 Å². The second-order valence-corrected chi connectivity index (χ2v) is 4.85. The maximum Gasteiger partial charge on any atom is 0.254 e. The molecule has 0 aliphatic heterocycles. The van der Waals surface area contributed by atoms with E-state index in [2.05, 4.69) is 5.32 Å². The van der Waals surface area contributed by atoms with Crippen LogP contribution in [0.5, 0.6) is 0 Å². The number of hydrogen-bond donors (Lipinski definition) is 1. The topological polar surface area (TPSA) is 29.1 Å². The van der Waals surface area contributed by atoms with E-state index < -0.39 is 17.5 Å². The molecular formula is C17H17F2NO. The maximum absolute atomic E-state index is 13.5. The van der Waals surface area contributed by atoms with Crippen molar-refractivity contribution in [3.8, 4) is 0 Å². The van der Waals surface area contributed by atoms with E-state index >= 15 is 0 Å². The number of hydrogen-bond acceptors (Lipinski definition) is 1. The summed E-state index contributed by atoms with van der Waals surface area (Å²) in [7, 11) is 0. The second-order valence-electron chi connectivity index (χ2n) is 4.85. The highest BCUT2D eigenvalue weighted by Gasteiger charge is 2.15. The molecule has 0 fully saturated rings. The first-order chi connectivity index (χ1) is 10.1. The Morgan fingerprint density at radius 3 is 2.52 bits per heavy atom. The first-order valence-corrected chi connectivity index (χ1v) is 6.90. The van der Waals surface area contributed by atoms with Gasteiger partial charge in [0.2, 0.25) is 0 Å². The molecule has 0 unspecified atom stereocenters. The van der Waals surface area contributed by atoms with Gasteiger partial charge in [-0.2, -0.15) is 0 Å². The first kappa shape index (κ1) is 15.2. The monoisotopic (exact) mass is 289 g/mol. The van der Waals surface area contributed by atoms with Crippen molar-refractivity contribution in [1.29, 1.82) is 0 Å². The fourth-order valence-electron chi connectivity index (χ4n) is 2.21. The summed E-state index contributed by atoms with van der Waals surface area (Å²) in [6.45, 7) is 2.40. The summed E-state index contributed by atoms with van der Waals surface area (Å²) in [5.41, 5.74) is 0.845. The number of nitrogens with one attached hydrogen (secondary N) is 1. The standard InChI is InChI=1S/C17H17F2NO/c1-2-12(13-6-4-3-5-7-13)11-20-17(21)15-10-14(18)8-9-16(15)19/h3-10,12H,2,11H2,1H3,(H,20,21)/t12-/m1/s1. The molecule has 0 heterocycles. The van der Waals surface area contributed by atoms with Crippen LogP contribution in [0.25, 0.3) is 0 Å². The molecule has 0 saturated carbocycles. The smallest absolute Gasteiger partial charge is 0.254 e. The van der Waals surface area contributed by atoms with Crippen LogP contribution in [0.1, 0.15) is 35.2 Å². The van der Waals surface area contributed by atoms with E-state index in [0.29, 0.717) is 6.54 Å². The van der Waals surface area contributed by atoms with E-state index in [-0.39, 0.29) is 11.5 Å². The zero-order valence-corrected chi connectivity index (χ0v) is 11.8. The molecule has 0 aromatic heterocycles. The molecule has 0 aliphatic carbocycles. The summed E-state index contributed by atoms with van der Waals surface area (Å²) >= 11 is 0. The molecule has 2 rings (SSSR count). The average molecular weight is 289 g/mol. The van der Waals surface area contributed by atoms with Gasteiger partial charge >= 0.3 is 0 Å². The number of amides is 1. The molecule has 1 amide bonds. The van der Waals surface area contributed by atoms with E-state index in [1.165, 1.54) is 0 Å². The van der Waals surface area contributed by atoms with Gasteiger partial charge in [-0.25, -0.2) is 8.78 Å². The SMILES string of the molecule is CC[C@H](CNC(=O)c1cc(F)ccc1F)c1ccccc1. The van der Waals surface area contributed by atoms with Gasteiger partial charge in [-0.3, -0.25) is 4.79 Å². The molecule has 110 valence electrons. The van der Waals surface area contributed by atoms with Crippen LogP contribution in [0.4, 0.5) is 8.78 Å². The molecule has 0 saturated heterocycles. The van der Waals surface area contributed by atoms with Crippen LogP contribution in [0, 0.1) is 11.6 Å². The Labute approximate surface area is 122 Å². The third-order valence-electron chi connectivity index (χ3n) is 3.45. The highest BCUT2D eigenvalue weighted by Crippen LogP contribution is 2.18. The van der Waals surface area contributed by atoms with E-state index in [1.807, 2.05) is 37.3 Å². The molecule has 21 heavy (non-hydrogen) atoms. The lowest BCUT2D eigenvalue weighted by Gasteiger charge is -2.16. The first-order valence-electron chi connectivity index (χ1n) is 6.90. The molecule has 0 bridgehead atoms. The van der Waals surface area contributed by atoms with Crippen LogP contribution in [-0.4, -0.2) is 12.5 Å². The number of carbonyl (C=O) groups excluding carboxylic acids is 1. The molecule has 0 spiro atoms. The Balaban J connectivity index is 2.04. The fourth-order valence-corrected chi connectivity index (χ4v) is 2.21. The minimum absolute atomic E-state index is 0.145. The molecule has 4 heteroatoms. The summed E-state index contributed by atoms with van der Waals surface area (Å²) in [5.74, 6) is -1.80. The van der Waals surface area contributed by atoms with Gasteiger partial charge in [0.25, 0.3) is 5.91 Å². The zero-order valence-electron chi connectivity index (χ0n) is 11.8. The van der Waals surface area contributed by atoms with Crippen molar-refractivity contribution in [2.75, 3.05) is 6.54 Å². The van der Waals surface area contributed by atoms with Gasteiger partial charge in [-0.15, -0.1) is 0 Å². The van der Waals surface area contributed by atoms with Crippen molar-refractivity contribution < 1.29 is 13.6 Å². The number of rotatable bonds is 5. The van der Waals surface area contributed by atoms with Gasteiger partial charge in [-0.1, -0.05) is 37.3 Å². The predicted octanol–water partition coefficient (Wildman–Crippen LogP) is 3.89. The van der Waals surface area contributed by atoms with Crippen LogP contribution < -0.4 is 5.32 Å². The van der Waals surface area contributed by atoms with E-state index in [9.17, 15) is 13.6 Å². The van der Waals surface area contributed by atoms with E-state index in [1.54, 1.807) is 0 Å². The Hall–Kier alpha value is -2.23. The normalized spacial score (nSPS) is 12.0. The molecule has 0 aliphatic rings. The van der Waals surface area contributed by atoms with Crippen LogP contribution >= 0.6 is 0 Å². The van der Waals surface area contributed by atoms with Crippen molar-refractivity contribution in [1.82, 2.24) is 5.32 Å². The average Bonchev–Trinajstić information content (AvgIpc) is 2.51. The third kappa shape index (κ3) is 3.88. The van der Waals surface area contributed by atoms with Crippen LogP contribution in [0.15, 0.2) is 48.5 Å². The predicted molar refractivity (Wildman–Crippen MR) is 78.2 cm³/mol. The summed E-state index contributed by atoms with van der Waals surface area (Å²) < 4.78 is 26.6. The fraction of sp³-hybridized carbons (Fsp3) is 0.235. The Bertz CT molecular complexity index is 613. The zero-order chi connectivity index (χ0) is 15.2. The highest BCUT2D eigenvalue weighted by atomic mass is 19.1. The van der Waals surface area contributed by atoms with Crippen LogP contribution in [0.2, 0.25) is 0 Å². The number of halogens is 2. The van der Waals surface area contributed by atoms with Crippen molar-refractivity contribution in [3.05, 3.63) is 71.3 Å². The summed E-state index contributed by atoms with van der Waals surface area (Å²) in [5, 5.41) is 2.67.